The Morgan fingerprint density at radius 3 is 2.70 bits per heavy atom. The topological polar surface area (TPSA) is 37.8 Å². The molecule has 0 radical (unpaired) electrons. The number of anilines is 1. The van der Waals surface area contributed by atoms with Crippen LogP contribution in [0.25, 0.3) is 11.0 Å². The predicted octanol–water partition coefficient (Wildman–Crippen LogP) is 4.03. The second-order valence-corrected chi connectivity index (χ2v) is 4.74. The van der Waals surface area contributed by atoms with Crippen molar-refractivity contribution < 1.29 is 4.39 Å². The van der Waals surface area contributed by atoms with Crippen molar-refractivity contribution in [1.29, 1.82) is 0 Å². The summed E-state index contributed by atoms with van der Waals surface area (Å²) in [6.07, 6.45) is 1.72. The van der Waals surface area contributed by atoms with Gasteiger partial charge in [0.25, 0.3) is 0 Å². The van der Waals surface area contributed by atoms with E-state index in [0.717, 1.165) is 22.4 Å². The second-order valence-electron chi connectivity index (χ2n) is 4.33. The van der Waals surface area contributed by atoms with Gasteiger partial charge in [-0.15, -0.1) is 0 Å². The highest BCUT2D eigenvalue weighted by molar-refractivity contribution is 6.31. The fraction of sp³-hybridized carbons (Fsp3) is 0.0667. The maximum atomic E-state index is 13.1. The minimum absolute atomic E-state index is 0.0968. The van der Waals surface area contributed by atoms with Crippen LogP contribution in [0.15, 0.2) is 48.7 Å². The summed E-state index contributed by atoms with van der Waals surface area (Å²) in [7, 11) is 0. The number of fused-ring (bicyclic) bond motifs is 1. The first-order chi connectivity index (χ1) is 9.72. The minimum atomic E-state index is -0.428. The number of hydrogen-bond donors (Lipinski definition) is 1. The van der Waals surface area contributed by atoms with Gasteiger partial charge in [-0.25, -0.2) is 9.37 Å². The van der Waals surface area contributed by atoms with Crippen molar-refractivity contribution in [3.05, 3.63) is 65.2 Å². The zero-order valence-corrected chi connectivity index (χ0v) is 11.2. The molecular formula is C15H11ClFN3. The van der Waals surface area contributed by atoms with Crippen molar-refractivity contribution in [2.45, 2.75) is 6.54 Å². The van der Waals surface area contributed by atoms with Crippen molar-refractivity contribution in [2.24, 2.45) is 0 Å². The van der Waals surface area contributed by atoms with Gasteiger partial charge in [-0.05, 0) is 30.3 Å². The van der Waals surface area contributed by atoms with Crippen LogP contribution in [0.5, 0.6) is 0 Å². The Morgan fingerprint density at radius 2 is 1.90 bits per heavy atom. The zero-order valence-electron chi connectivity index (χ0n) is 10.5. The lowest BCUT2D eigenvalue weighted by Gasteiger charge is -2.07. The molecule has 0 aliphatic carbocycles. The summed E-state index contributed by atoms with van der Waals surface area (Å²) in [6, 6.07) is 12.2. The van der Waals surface area contributed by atoms with Crippen LogP contribution in [-0.4, -0.2) is 9.97 Å². The number of hydrogen-bond acceptors (Lipinski definition) is 3. The summed E-state index contributed by atoms with van der Waals surface area (Å²) in [5.74, 6) is -0.428. The monoisotopic (exact) mass is 287 g/mol. The summed E-state index contributed by atoms with van der Waals surface area (Å²) in [6.45, 7) is 0.500. The SMILES string of the molecule is Fc1ccc(NCc2cnc3ccccc3n2)cc1Cl. The summed E-state index contributed by atoms with van der Waals surface area (Å²) in [4.78, 5) is 8.83. The molecule has 0 aliphatic heterocycles. The molecule has 0 saturated carbocycles. The number of rotatable bonds is 3. The van der Waals surface area contributed by atoms with Gasteiger partial charge in [-0.2, -0.15) is 0 Å². The van der Waals surface area contributed by atoms with Gasteiger partial charge in [-0.1, -0.05) is 23.7 Å². The molecular weight excluding hydrogens is 277 g/mol. The lowest BCUT2D eigenvalue weighted by atomic mass is 10.3. The van der Waals surface area contributed by atoms with E-state index in [1.807, 2.05) is 24.3 Å². The molecule has 0 fully saturated rings. The molecule has 1 aromatic heterocycles. The third-order valence-corrected chi connectivity index (χ3v) is 3.18. The number of nitrogens with zero attached hydrogens (tertiary/aromatic N) is 2. The molecule has 0 aliphatic rings. The molecule has 0 spiro atoms. The summed E-state index contributed by atoms with van der Waals surface area (Å²) in [5.41, 5.74) is 3.26. The van der Waals surface area contributed by atoms with Crippen LogP contribution < -0.4 is 5.32 Å². The Balaban J connectivity index is 1.77. The van der Waals surface area contributed by atoms with E-state index in [9.17, 15) is 4.39 Å². The average Bonchev–Trinajstić information content (AvgIpc) is 2.48. The lowest BCUT2D eigenvalue weighted by molar-refractivity contribution is 0.628. The van der Waals surface area contributed by atoms with E-state index in [2.05, 4.69) is 15.3 Å². The highest BCUT2D eigenvalue weighted by Crippen LogP contribution is 2.19. The van der Waals surface area contributed by atoms with Gasteiger partial charge in [0.05, 0.1) is 34.5 Å². The van der Waals surface area contributed by atoms with Crippen LogP contribution in [0.1, 0.15) is 5.69 Å². The van der Waals surface area contributed by atoms with Crippen LogP contribution in [0.3, 0.4) is 0 Å². The van der Waals surface area contributed by atoms with E-state index in [0.29, 0.717) is 6.54 Å². The largest absolute Gasteiger partial charge is 0.379 e. The molecule has 0 unspecified atom stereocenters. The molecule has 3 nitrogen and oxygen atoms in total. The maximum Gasteiger partial charge on any atom is 0.141 e. The van der Waals surface area contributed by atoms with E-state index in [4.69, 9.17) is 11.6 Å². The second kappa shape index (κ2) is 5.43. The number of nitrogens with one attached hydrogen (secondary N) is 1. The van der Waals surface area contributed by atoms with Crippen LogP contribution in [0, 0.1) is 5.82 Å². The Labute approximate surface area is 120 Å². The maximum absolute atomic E-state index is 13.1. The standard InChI is InChI=1S/C15H11ClFN3/c16-12-7-10(5-6-13(12)17)18-8-11-9-19-14-3-1-2-4-15(14)20-11/h1-7,9,18H,8H2. The quantitative estimate of drug-likeness (QED) is 0.790. The summed E-state index contributed by atoms with van der Waals surface area (Å²) < 4.78 is 13.1. The molecule has 1 heterocycles. The van der Waals surface area contributed by atoms with E-state index >= 15 is 0 Å². The molecule has 0 amide bonds. The minimum Gasteiger partial charge on any atom is -0.379 e. The Kier molecular flexibility index (Phi) is 3.48. The summed E-state index contributed by atoms with van der Waals surface area (Å²) >= 11 is 5.73. The molecule has 20 heavy (non-hydrogen) atoms. The molecule has 1 N–H and O–H groups in total. The van der Waals surface area contributed by atoms with Crippen LogP contribution in [-0.2, 0) is 6.54 Å². The molecule has 2 aromatic carbocycles. The van der Waals surface area contributed by atoms with Crippen molar-refractivity contribution >= 4 is 28.3 Å². The molecule has 3 rings (SSSR count). The van der Waals surface area contributed by atoms with Crippen molar-refractivity contribution in [1.82, 2.24) is 9.97 Å². The van der Waals surface area contributed by atoms with E-state index < -0.39 is 5.82 Å². The van der Waals surface area contributed by atoms with Crippen molar-refractivity contribution in [2.75, 3.05) is 5.32 Å². The van der Waals surface area contributed by atoms with E-state index in [1.165, 1.54) is 6.07 Å². The molecule has 0 bridgehead atoms. The van der Waals surface area contributed by atoms with Crippen LogP contribution in [0.2, 0.25) is 5.02 Å². The van der Waals surface area contributed by atoms with E-state index in [-0.39, 0.29) is 5.02 Å². The first-order valence-electron chi connectivity index (χ1n) is 6.12. The number of halogens is 2. The zero-order chi connectivity index (χ0) is 13.9. The first-order valence-corrected chi connectivity index (χ1v) is 6.50. The molecule has 0 atom stereocenters. The molecule has 3 aromatic rings. The van der Waals surface area contributed by atoms with Gasteiger partial charge in [-0.3, -0.25) is 4.98 Å². The van der Waals surface area contributed by atoms with Gasteiger partial charge in [0.15, 0.2) is 0 Å². The molecule has 5 heteroatoms. The predicted molar refractivity (Wildman–Crippen MR) is 78.3 cm³/mol. The highest BCUT2D eigenvalue weighted by atomic mass is 35.5. The van der Waals surface area contributed by atoms with Crippen molar-refractivity contribution in [3.63, 3.8) is 0 Å². The van der Waals surface area contributed by atoms with Crippen LogP contribution >= 0.6 is 11.6 Å². The normalized spacial score (nSPS) is 10.7. The number of benzene rings is 2. The summed E-state index contributed by atoms with van der Waals surface area (Å²) in [5, 5.41) is 3.24. The van der Waals surface area contributed by atoms with Gasteiger partial charge < -0.3 is 5.32 Å². The number of aromatic nitrogens is 2. The number of para-hydroxylation sites is 2. The Bertz CT molecular complexity index is 761. The van der Waals surface area contributed by atoms with Gasteiger partial charge in [0.2, 0.25) is 0 Å². The third-order valence-electron chi connectivity index (χ3n) is 2.89. The lowest BCUT2D eigenvalue weighted by Crippen LogP contribution is -2.02. The van der Waals surface area contributed by atoms with Crippen molar-refractivity contribution in [3.8, 4) is 0 Å². The smallest absolute Gasteiger partial charge is 0.141 e. The van der Waals surface area contributed by atoms with E-state index in [1.54, 1.807) is 18.3 Å². The molecule has 100 valence electrons. The average molecular weight is 288 g/mol. The Hall–Kier alpha value is -2.20. The fourth-order valence-electron chi connectivity index (χ4n) is 1.88. The third kappa shape index (κ3) is 2.70. The Morgan fingerprint density at radius 1 is 1.10 bits per heavy atom. The van der Waals surface area contributed by atoms with Crippen LogP contribution in [0.4, 0.5) is 10.1 Å². The molecule has 0 saturated heterocycles. The van der Waals surface area contributed by atoms with Gasteiger partial charge >= 0.3 is 0 Å². The first kappa shape index (κ1) is 12.8. The van der Waals surface area contributed by atoms with Gasteiger partial charge in [0, 0.05) is 5.69 Å². The highest BCUT2D eigenvalue weighted by Gasteiger charge is 2.02. The fourth-order valence-corrected chi connectivity index (χ4v) is 2.06. The van der Waals surface area contributed by atoms with Gasteiger partial charge in [0.1, 0.15) is 5.82 Å².